The van der Waals surface area contributed by atoms with E-state index in [2.05, 4.69) is 29.0 Å². The second-order valence-corrected chi connectivity index (χ2v) is 8.02. The van der Waals surface area contributed by atoms with Gasteiger partial charge in [-0.2, -0.15) is 0 Å². The van der Waals surface area contributed by atoms with Gasteiger partial charge in [-0.1, -0.05) is 6.92 Å². The van der Waals surface area contributed by atoms with Gasteiger partial charge in [0.15, 0.2) is 5.96 Å². The van der Waals surface area contributed by atoms with Crippen LogP contribution in [0.15, 0.2) is 4.99 Å². The van der Waals surface area contributed by atoms with E-state index in [0.29, 0.717) is 6.10 Å². The summed E-state index contributed by atoms with van der Waals surface area (Å²) in [6.45, 7) is 13.7. The Labute approximate surface area is 166 Å². The Hall–Kier alpha value is -0.850. The van der Waals surface area contributed by atoms with Crippen LogP contribution in [0.3, 0.4) is 0 Å². The molecule has 2 aliphatic rings. The van der Waals surface area contributed by atoms with Crippen molar-refractivity contribution in [1.82, 2.24) is 15.1 Å². The standard InChI is InChI=1S/C21H42N4O2/c1-4-22-21(23-11-5-12-24-13-7-19(2)8-14-24)25-15-9-20(10-16-25)27-18-6-17-26-3/h19-20H,4-18H2,1-3H3,(H,22,23). The molecule has 0 amide bonds. The van der Waals surface area contributed by atoms with Crippen molar-refractivity contribution in [2.24, 2.45) is 10.9 Å². The van der Waals surface area contributed by atoms with Gasteiger partial charge in [-0.05, 0) is 71.0 Å². The summed E-state index contributed by atoms with van der Waals surface area (Å²) in [6.07, 6.45) is 7.41. The molecule has 0 unspecified atom stereocenters. The molecule has 6 nitrogen and oxygen atoms in total. The van der Waals surface area contributed by atoms with Gasteiger partial charge < -0.3 is 24.6 Å². The fraction of sp³-hybridized carbons (Fsp3) is 0.952. The molecule has 6 heteroatoms. The molecule has 2 aliphatic heterocycles. The first-order valence-electron chi connectivity index (χ1n) is 11.1. The zero-order valence-corrected chi connectivity index (χ0v) is 17.9. The summed E-state index contributed by atoms with van der Waals surface area (Å²) >= 11 is 0. The van der Waals surface area contributed by atoms with Gasteiger partial charge in [0.1, 0.15) is 0 Å². The van der Waals surface area contributed by atoms with Crippen molar-refractivity contribution >= 4 is 5.96 Å². The van der Waals surface area contributed by atoms with E-state index in [0.717, 1.165) is 77.0 Å². The Morgan fingerprint density at radius 1 is 1.04 bits per heavy atom. The molecule has 2 saturated heterocycles. The second-order valence-electron chi connectivity index (χ2n) is 8.02. The summed E-state index contributed by atoms with van der Waals surface area (Å²) in [4.78, 5) is 9.91. The summed E-state index contributed by atoms with van der Waals surface area (Å²) in [6, 6.07) is 0. The molecular formula is C21H42N4O2. The van der Waals surface area contributed by atoms with E-state index in [1.807, 2.05) is 0 Å². The molecule has 0 saturated carbocycles. The van der Waals surface area contributed by atoms with E-state index < -0.39 is 0 Å². The van der Waals surface area contributed by atoms with Crippen molar-refractivity contribution < 1.29 is 9.47 Å². The number of ether oxygens (including phenoxy) is 2. The SMILES string of the molecule is CCNC(=NCCCN1CCC(C)CC1)N1CCC(OCCCOC)CC1. The summed E-state index contributed by atoms with van der Waals surface area (Å²) in [5.74, 6) is 1.99. The quantitative estimate of drug-likeness (QED) is 0.358. The number of guanidine groups is 1. The zero-order valence-electron chi connectivity index (χ0n) is 17.9. The number of rotatable bonds is 10. The predicted octanol–water partition coefficient (Wildman–Crippen LogP) is 2.59. The minimum Gasteiger partial charge on any atom is -0.385 e. The number of likely N-dealkylation sites (tertiary alicyclic amines) is 2. The Morgan fingerprint density at radius 2 is 1.78 bits per heavy atom. The van der Waals surface area contributed by atoms with Crippen LogP contribution in [0.2, 0.25) is 0 Å². The fourth-order valence-corrected chi connectivity index (χ4v) is 3.88. The minimum absolute atomic E-state index is 0.391. The van der Waals surface area contributed by atoms with Crippen molar-refractivity contribution in [3.8, 4) is 0 Å². The predicted molar refractivity (Wildman–Crippen MR) is 112 cm³/mol. The molecule has 0 aromatic carbocycles. The molecule has 0 aromatic heterocycles. The van der Waals surface area contributed by atoms with Crippen LogP contribution in [-0.4, -0.2) is 88.0 Å². The molecule has 0 spiro atoms. The van der Waals surface area contributed by atoms with Crippen molar-refractivity contribution in [3.05, 3.63) is 0 Å². The lowest BCUT2D eigenvalue weighted by Gasteiger charge is -2.34. The maximum absolute atomic E-state index is 5.97. The molecule has 1 N–H and O–H groups in total. The van der Waals surface area contributed by atoms with E-state index in [-0.39, 0.29) is 0 Å². The van der Waals surface area contributed by atoms with Gasteiger partial charge in [0, 0.05) is 46.5 Å². The lowest BCUT2D eigenvalue weighted by Crippen LogP contribution is -2.47. The molecule has 0 atom stereocenters. The highest BCUT2D eigenvalue weighted by Gasteiger charge is 2.22. The van der Waals surface area contributed by atoms with Crippen LogP contribution in [0, 0.1) is 5.92 Å². The lowest BCUT2D eigenvalue weighted by molar-refractivity contribution is 0.00990. The first-order valence-corrected chi connectivity index (χ1v) is 11.1. The summed E-state index contributed by atoms with van der Waals surface area (Å²) in [7, 11) is 1.74. The highest BCUT2D eigenvalue weighted by Crippen LogP contribution is 2.16. The Morgan fingerprint density at radius 3 is 2.44 bits per heavy atom. The van der Waals surface area contributed by atoms with Crippen molar-refractivity contribution in [3.63, 3.8) is 0 Å². The highest BCUT2D eigenvalue weighted by atomic mass is 16.5. The maximum atomic E-state index is 5.97. The average Bonchev–Trinajstić information content (AvgIpc) is 2.69. The van der Waals surface area contributed by atoms with Gasteiger partial charge in [0.05, 0.1) is 6.10 Å². The number of methoxy groups -OCH3 is 1. The second kappa shape index (κ2) is 13.3. The molecule has 0 aliphatic carbocycles. The Bertz CT molecular complexity index is 403. The molecule has 2 heterocycles. The molecule has 0 radical (unpaired) electrons. The molecule has 27 heavy (non-hydrogen) atoms. The number of nitrogens with zero attached hydrogens (tertiary/aromatic N) is 3. The number of piperidine rings is 2. The normalized spacial score (nSPS) is 21.0. The molecule has 0 aromatic rings. The van der Waals surface area contributed by atoms with Gasteiger partial charge in [-0.25, -0.2) is 0 Å². The average molecular weight is 383 g/mol. The molecule has 158 valence electrons. The lowest BCUT2D eigenvalue weighted by atomic mass is 9.99. The monoisotopic (exact) mass is 382 g/mol. The van der Waals surface area contributed by atoms with Crippen LogP contribution in [0.1, 0.15) is 52.4 Å². The smallest absolute Gasteiger partial charge is 0.193 e. The molecule has 2 fully saturated rings. The third-order valence-corrected chi connectivity index (χ3v) is 5.69. The molecular weight excluding hydrogens is 340 g/mol. The van der Waals surface area contributed by atoms with Crippen LogP contribution in [0.25, 0.3) is 0 Å². The Kier molecular flexibility index (Phi) is 11.1. The number of hydrogen-bond acceptors (Lipinski definition) is 4. The zero-order chi connectivity index (χ0) is 19.3. The summed E-state index contributed by atoms with van der Waals surface area (Å²) in [5.41, 5.74) is 0. The number of nitrogens with one attached hydrogen (secondary N) is 1. The first-order chi connectivity index (χ1) is 13.2. The topological polar surface area (TPSA) is 49.3 Å². The number of hydrogen-bond donors (Lipinski definition) is 1. The van der Waals surface area contributed by atoms with Crippen molar-refractivity contribution in [2.45, 2.75) is 58.5 Å². The highest BCUT2D eigenvalue weighted by molar-refractivity contribution is 5.80. The largest absolute Gasteiger partial charge is 0.385 e. The molecule has 2 rings (SSSR count). The van der Waals surface area contributed by atoms with Crippen LogP contribution in [0.5, 0.6) is 0 Å². The summed E-state index contributed by atoms with van der Waals surface area (Å²) < 4.78 is 11.1. The molecule has 0 bridgehead atoms. The van der Waals surface area contributed by atoms with Gasteiger partial charge in [0.25, 0.3) is 0 Å². The third-order valence-electron chi connectivity index (χ3n) is 5.69. The van der Waals surface area contributed by atoms with Crippen molar-refractivity contribution in [2.75, 3.05) is 66.1 Å². The minimum atomic E-state index is 0.391. The van der Waals surface area contributed by atoms with E-state index in [1.165, 1.54) is 32.5 Å². The maximum Gasteiger partial charge on any atom is 0.193 e. The van der Waals surface area contributed by atoms with Crippen LogP contribution >= 0.6 is 0 Å². The van der Waals surface area contributed by atoms with E-state index in [1.54, 1.807) is 7.11 Å². The van der Waals surface area contributed by atoms with Crippen molar-refractivity contribution in [1.29, 1.82) is 0 Å². The summed E-state index contributed by atoms with van der Waals surface area (Å²) in [5, 5.41) is 3.48. The number of aliphatic imine (C=N–C) groups is 1. The Balaban J connectivity index is 1.65. The van der Waals surface area contributed by atoms with E-state index >= 15 is 0 Å². The van der Waals surface area contributed by atoms with E-state index in [4.69, 9.17) is 14.5 Å². The third kappa shape index (κ3) is 8.79. The van der Waals surface area contributed by atoms with Crippen LogP contribution in [-0.2, 0) is 9.47 Å². The van der Waals surface area contributed by atoms with Gasteiger partial charge in [-0.3, -0.25) is 4.99 Å². The fourth-order valence-electron chi connectivity index (χ4n) is 3.88. The van der Waals surface area contributed by atoms with Gasteiger partial charge in [-0.15, -0.1) is 0 Å². The van der Waals surface area contributed by atoms with Crippen LogP contribution in [0.4, 0.5) is 0 Å². The van der Waals surface area contributed by atoms with E-state index in [9.17, 15) is 0 Å². The van der Waals surface area contributed by atoms with Gasteiger partial charge >= 0.3 is 0 Å². The van der Waals surface area contributed by atoms with Crippen LogP contribution < -0.4 is 5.32 Å². The first kappa shape index (κ1) is 22.4. The van der Waals surface area contributed by atoms with Gasteiger partial charge in [0.2, 0.25) is 0 Å².